The van der Waals surface area contributed by atoms with Gasteiger partial charge in [0.25, 0.3) is 0 Å². The van der Waals surface area contributed by atoms with Gasteiger partial charge in [-0.05, 0) is 57.4 Å². The molecule has 23 heavy (non-hydrogen) atoms. The van der Waals surface area contributed by atoms with Gasteiger partial charge >= 0.3 is 0 Å². The molecule has 0 unspecified atom stereocenters. The molecule has 0 saturated carbocycles. The van der Waals surface area contributed by atoms with E-state index >= 15 is 0 Å². The van der Waals surface area contributed by atoms with Crippen LogP contribution in [0.1, 0.15) is 47.3 Å². The van der Waals surface area contributed by atoms with Crippen LogP contribution in [0.2, 0.25) is 0 Å². The number of nitrogens with zero attached hydrogens (tertiary/aromatic N) is 1. The van der Waals surface area contributed by atoms with Crippen molar-refractivity contribution >= 4 is 5.78 Å². The van der Waals surface area contributed by atoms with Crippen LogP contribution in [0, 0.1) is 20.8 Å². The van der Waals surface area contributed by atoms with Crippen LogP contribution in [0.15, 0.2) is 6.07 Å². The minimum Gasteiger partial charge on any atom is -0.491 e. The Morgan fingerprint density at radius 1 is 1.22 bits per heavy atom. The van der Waals surface area contributed by atoms with Crippen LogP contribution < -0.4 is 10.1 Å². The molecule has 0 radical (unpaired) electrons. The van der Waals surface area contributed by atoms with Gasteiger partial charge in [0.05, 0.1) is 6.10 Å². The maximum Gasteiger partial charge on any atom is 0.164 e. The van der Waals surface area contributed by atoms with Crippen LogP contribution in [0.4, 0.5) is 0 Å². The smallest absolute Gasteiger partial charge is 0.164 e. The number of nitrogens with one attached hydrogen (secondary N) is 1. The third-order valence-corrected chi connectivity index (χ3v) is 4.56. The SMILES string of the molecule is Cc1cc(OC(C)C)c(C)c(C)c1C(=O)CCN1CCNCC1. The summed E-state index contributed by atoms with van der Waals surface area (Å²) in [6, 6.07) is 2.01. The maximum absolute atomic E-state index is 12.7. The lowest BCUT2D eigenvalue weighted by atomic mass is 9.93. The lowest BCUT2D eigenvalue weighted by Gasteiger charge is -2.27. The molecule has 0 spiro atoms. The van der Waals surface area contributed by atoms with Crippen LogP contribution in [0.3, 0.4) is 0 Å². The van der Waals surface area contributed by atoms with E-state index in [-0.39, 0.29) is 11.9 Å². The highest BCUT2D eigenvalue weighted by Crippen LogP contribution is 2.29. The van der Waals surface area contributed by atoms with Gasteiger partial charge in [0.15, 0.2) is 5.78 Å². The molecule has 1 aliphatic heterocycles. The van der Waals surface area contributed by atoms with E-state index in [1.165, 1.54) is 0 Å². The summed E-state index contributed by atoms with van der Waals surface area (Å²) in [7, 11) is 0. The second kappa shape index (κ2) is 7.93. The molecule has 4 nitrogen and oxygen atoms in total. The summed E-state index contributed by atoms with van der Waals surface area (Å²) in [5.74, 6) is 1.14. The fraction of sp³-hybridized carbons (Fsp3) is 0.632. The highest BCUT2D eigenvalue weighted by Gasteiger charge is 2.19. The average Bonchev–Trinajstić information content (AvgIpc) is 2.51. The summed E-state index contributed by atoms with van der Waals surface area (Å²) in [4.78, 5) is 15.1. The summed E-state index contributed by atoms with van der Waals surface area (Å²) in [5.41, 5.74) is 4.04. The van der Waals surface area contributed by atoms with E-state index in [1.54, 1.807) is 0 Å². The number of rotatable bonds is 6. The molecule has 1 aliphatic rings. The quantitative estimate of drug-likeness (QED) is 0.819. The van der Waals surface area contributed by atoms with Gasteiger partial charge in [0.2, 0.25) is 0 Å². The number of benzene rings is 1. The zero-order valence-electron chi connectivity index (χ0n) is 15.2. The lowest BCUT2D eigenvalue weighted by Crippen LogP contribution is -2.44. The molecular formula is C19H30N2O2. The van der Waals surface area contributed by atoms with E-state index < -0.39 is 0 Å². The molecule has 1 saturated heterocycles. The molecule has 0 bridgehead atoms. The van der Waals surface area contributed by atoms with Crippen LogP contribution in [0.5, 0.6) is 5.75 Å². The van der Waals surface area contributed by atoms with E-state index in [4.69, 9.17) is 4.74 Å². The molecular weight excluding hydrogens is 288 g/mol. The van der Waals surface area contributed by atoms with Crippen LogP contribution in [0.25, 0.3) is 0 Å². The number of piperazine rings is 1. The Bertz CT molecular complexity index is 561. The van der Waals surface area contributed by atoms with Gasteiger partial charge in [0, 0.05) is 44.7 Å². The van der Waals surface area contributed by atoms with Crippen LogP contribution in [-0.4, -0.2) is 49.5 Å². The first-order valence-corrected chi connectivity index (χ1v) is 8.64. The molecule has 0 aromatic heterocycles. The summed E-state index contributed by atoms with van der Waals surface area (Å²) in [5, 5.41) is 3.34. The van der Waals surface area contributed by atoms with Crippen molar-refractivity contribution in [2.45, 2.75) is 47.1 Å². The van der Waals surface area contributed by atoms with Crippen molar-refractivity contribution in [3.63, 3.8) is 0 Å². The summed E-state index contributed by atoms with van der Waals surface area (Å²) < 4.78 is 5.87. The Morgan fingerprint density at radius 3 is 2.48 bits per heavy atom. The zero-order chi connectivity index (χ0) is 17.0. The third kappa shape index (κ3) is 4.55. The predicted octanol–water partition coefficient (Wildman–Crippen LogP) is 2.88. The van der Waals surface area contributed by atoms with Crippen molar-refractivity contribution in [1.82, 2.24) is 10.2 Å². The topological polar surface area (TPSA) is 41.6 Å². The van der Waals surface area contributed by atoms with Gasteiger partial charge in [-0.25, -0.2) is 0 Å². The van der Waals surface area contributed by atoms with Gasteiger partial charge in [0.1, 0.15) is 5.75 Å². The van der Waals surface area contributed by atoms with Gasteiger partial charge in [-0.1, -0.05) is 0 Å². The Hall–Kier alpha value is -1.39. The Kier molecular flexibility index (Phi) is 6.19. The van der Waals surface area contributed by atoms with E-state index in [0.29, 0.717) is 6.42 Å². The molecule has 1 aromatic carbocycles. The number of ether oxygens (including phenoxy) is 1. The molecule has 4 heteroatoms. The van der Waals surface area contributed by atoms with Gasteiger partial charge in [-0.15, -0.1) is 0 Å². The maximum atomic E-state index is 12.7. The Morgan fingerprint density at radius 2 is 1.87 bits per heavy atom. The summed E-state index contributed by atoms with van der Waals surface area (Å²) in [6.45, 7) is 15.1. The highest BCUT2D eigenvalue weighted by atomic mass is 16.5. The Balaban J connectivity index is 2.11. The molecule has 2 rings (SSSR count). The Labute approximate surface area is 140 Å². The van der Waals surface area contributed by atoms with Gasteiger partial charge in [-0.2, -0.15) is 0 Å². The minimum absolute atomic E-state index is 0.141. The van der Waals surface area contributed by atoms with E-state index in [1.807, 2.05) is 40.7 Å². The number of Topliss-reactive ketones (excluding diaryl/α,β-unsaturated/α-hetero) is 1. The number of aryl methyl sites for hydroxylation is 1. The van der Waals surface area contributed by atoms with Gasteiger partial charge < -0.3 is 15.0 Å². The fourth-order valence-electron chi connectivity index (χ4n) is 3.17. The first-order valence-electron chi connectivity index (χ1n) is 8.64. The monoisotopic (exact) mass is 318 g/mol. The zero-order valence-corrected chi connectivity index (χ0v) is 15.2. The minimum atomic E-state index is 0.141. The van der Waals surface area contributed by atoms with Crippen molar-refractivity contribution < 1.29 is 9.53 Å². The lowest BCUT2D eigenvalue weighted by molar-refractivity contribution is 0.0959. The van der Waals surface area contributed by atoms with Crippen molar-refractivity contribution in [3.05, 3.63) is 28.3 Å². The average molecular weight is 318 g/mol. The second-order valence-electron chi connectivity index (χ2n) is 6.75. The largest absolute Gasteiger partial charge is 0.491 e. The highest BCUT2D eigenvalue weighted by molar-refractivity contribution is 5.99. The normalized spacial score (nSPS) is 15.9. The standard InChI is InChI=1S/C19H30N2O2/c1-13(2)23-18-12-14(3)19(16(5)15(18)4)17(22)6-9-21-10-7-20-8-11-21/h12-13,20H,6-11H2,1-5H3. The van der Waals surface area contributed by atoms with Crippen LogP contribution in [-0.2, 0) is 0 Å². The molecule has 0 amide bonds. The van der Waals surface area contributed by atoms with Crippen molar-refractivity contribution in [2.75, 3.05) is 32.7 Å². The van der Waals surface area contributed by atoms with Crippen molar-refractivity contribution in [3.8, 4) is 5.75 Å². The van der Waals surface area contributed by atoms with E-state index in [0.717, 1.165) is 60.7 Å². The summed E-state index contributed by atoms with van der Waals surface area (Å²) >= 11 is 0. The third-order valence-electron chi connectivity index (χ3n) is 4.56. The number of carbonyl (C=O) groups excluding carboxylic acids is 1. The molecule has 1 fully saturated rings. The predicted molar refractivity (Wildman–Crippen MR) is 94.7 cm³/mol. The van der Waals surface area contributed by atoms with E-state index in [9.17, 15) is 4.79 Å². The number of carbonyl (C=O) groups is 1. The molecule has 1 heterocycles. The molecule has 0 atom stereocenters. The molecule has 0 aliphatic carbocycles. The van der Waals surface area contributed by atoms with E-state index in [2.05, 4.69) is 10.2 Å². The molecule has 1 aromatic rings. The van der Waals surface area contributed by atoms with Crippen molar-refractivity contribution in [1.29, 1.82) is 0 Å². The van der Waals surface area contributed by atoms with Gasteiger partial charge in [-0.3, -0.25) is 4.79 Å². The molecule has 128 valence electrons. The second-order valence-corrected chi connectivity index (χ2v) is 6.75. The number of ketones is 1. The molecule has 1 N–H and O–H groups in total. The summed E-state index contributed by atoms with van der Waals surface area (Å²) in [6.07, 6.45) is 0.729. The van der Waals surface area contributed by atoms with Crippen LogP contribution >= 0.6 is 0 Å². The first kappa shape index (κ1) is 18.0. The first-order chi connectivity index (χ1) is 10.9. The van der Waals surface area contributed by atoms with Crippen molar-refractivity contribution in [2.24, 2.45) is 0 Å². The fourth-order valence-corrected chi connectivity index (χ4v) is 3.17. The number of hydrogen-bond acceptors (Lipinski definition) is 4. The number of hydrogen-bond donors (Lipinski definition) is 1.